The predicted molar refractivity (Wildman–Crippen MR) is 87.9 cm³/mol. The Kier molecular flexibility index (Phi) is 5.70. The predicted octanol–water partition coefficient (Wildman–Crippen LogP) is 2.45. The van der Waals surface area contributed by atoms with Crippen LogP contribution in [0.2, 0.25) is 5.02 Å². The molecule has 2 aromatic rings. The Morgan fingerprint density at radius 2 is 2.00 bits per heavy atom. The number of aromatic amines is 1. The number of benzene rings is 1. The van der Waals surface area contributed by atoms with Crippen molar-refractivity contribution in [1.82, 2.24) is 10.2 Å². The van der Waals surface area contributed by atoms with Gasteiger partial charge < -0.3 is 19.5 Å². The summed E-state index contributed by atoms with van der Waals surface area (Å²) in [5, 5.41) is 9.22. The van der Waals surface area contributed by atoms with Crippen LogP contribution >= 0.6 is 11.6 Å². The maximum atomic E-state index is 11.6. The molecule has 0 aliphatic rings. The van der Waals surface area contributed by atoms with Crippen LogP contribution in [0.1, 0.15) is 12.5 Å². The van der Waals surface area contributed by atoms with Crippen LogP contribution in [-0.2, 0) is 6.54 Å². The van der Waals surface area contributed by atoms with Crippen molar-refractivity contribution in [3.63, 3.8) is 0 Å². The highest BCUT2D eigenvalue weighted by molar-refractivity contribution is 6.33. The first kappa shape index (κ1) is 17.0. The number of nitrogens with one attached hydrogen (secondary N) is 2. The summed E-state index contributed by atoms with van der Waals surface area (Å²) >= 11 is 6.04. The lowest BCUT2D eigenvalue weighted by molar-refractivity contribution is 0.324. The maximum Gasteiger partial charge on any atom is 0.285 e. The molecule has 0 aliphatic heterocycles. The van der Waals surface area contributed by atoms with Crippen molar-refractivity contribution in [3.05, 3.63) is 39.1 Å². The van der Waals surface area contributed by atoms with E-state index in [1.807, 2.05) is 19.1 Å². The Bertz CT molecular complexity index is 733. The molecule has 23 heavy (non-hydrogen) atoms. The monoisotopic (exact) mass is 339 g/mol. The van der Waals surface area contributed by atoms with E-state index < -0.39 is 5.56 Å². The van der Waals surface area contributed by atoms with Crippen LogP contribution in [0.5, 0.6) is 17.4 Å². The summed E-state index contributed by atoms with van der Waals surface area (Å²) in [4.78, 5) is 11.6. The molecule has 0 saturated heterocycles. The molecule has 0 radical (unpaired) electrons. The first-order valence-electron chi connectivity index (χ1n) is 6.96. The molecule has 0 bridgehead atoms. The van der Waals surface area contributed by atoms with E-state index in [0.717, 1.165) is 5.56 Å². The van der Waals surface area contributed by atoms with Crippen LogP contribution in [0, 0.1) is 0 Å². The molecule has 1 aromatic heterocycles. The Hall–Kier alpha value is -2.41. The SMILES string of the molecule is CCOc1n[nH]c(=O)c(Cl)c1NCc1ccc(OC)c(OC)c1. The van der Waals surface area contributed by atoms with Crippen LogP contribution in [0.4, 0.5) is 5.69 Å². The van der Waals surface area contributed by atoms with Gasteiger partial charge in [-0.1, -0.05) is 17.7 Å². The highest BCUT2D eigenvalue weighted by atomic mass is 35.5. The standard InChI is InChI=1S/C15H18ClN3O4/c1-4-23-15-13(12(16)14(20)18-19-15)17-8-9-5-6-10(21-2)11(7-9)22-3/h5-7H,4,8H2,1-3H3,(H2,17,18,20). The number of H-pyrrole nitrogens is 1. The van der Waals surface area contributed by atoms with Crippen molar-refractivity contribution < 1.29 is 14.2 Å². The average molecular weight is 340 g/mol. The molecule has 8 heteroatoms. The van der Waals surface area contributed by atoms with Gasteiger partial charge in [-0.15, -0.1) is 5.10 Å². The van der Waals surface area contributed by atoms with Gasteiger partial charge in [0.1, 0.15) is 10.7 Å². The van der Waals surface area contributed by atoms with Crippen molar-refractivity contribution in [3.8, 4) is 17.4 Å². The van der Waals surface area contributed by atoms with E-state index in [9.17, 15) is 4.79 Å². The average Bonchev–Trinajstić information content (AvgIpc) is 2.57. The third-order valence-electron chi connectivity index (χ3n) is 3.09. The molecule has 0 unspecified atom stereocenters. The van der Waals surface area contributed by atoms with Crippen molar-refractivity contribution in [2.45, 2.75) is 13.5 Å². The Labute approximate surface area is 138 Å². The summed E-state index contributed by atoms with van der Waals surface area (Å²) in [5.74, 6) is 1.51. The van der Waals surface area contributed by atoms with Crippen molar-refractivity contribution in [2.24, 2.45) is 0 Å². The fraction of sp³-hybridized carbons (Fsp3) is 0.333. The number of nitrogens with zero attached hydrogens (tertiary/aromatic N) is 1. The summed E-state index contributed by atoms with van der Waals surface area (Å²) in [7, 11) is 3.14. The number of anilines is 1. The molecule has 1 aromatic carbocycles. The van der Waals surface area contributed by atoms with Gasteiger partial charge in [0.2, 0.25) is 0 Å². The first-order valence-corrected chi connectivity index (χ1v) is 7.34. The molecule has 7 nitrogen and oxygen atoms in total. The minimum atomic E-state index is -0.482. The Balaban J connectivity index is 2.24. The molecule has 0 saturated carbocycles. The van der Waals surface area contributed by atoms with Gasteiger partial charge in [0.05, 0.1) is 20.8 Å². The molecule has 2 N–H and O–H groups in total. The molecule has 0 spiro atoms. The van der Waals surface area contributed by atoms with E-state index in [1.54, 1.807) is 20.3 Å². The molecule has 2 rings (SSSR count). The van der Waals surface area contributed by atoms with E-state index in [0.29, 0.717) is 30.3 Å². The third-order valence-corrected chi connectivity index (χ3v) is 3.45. The number of hydrogen-bond donors (Lipinski definition) is 2. The number of methoxy groups -OCH3 is 2. The van der Waals surface area contributed by atoms with Gasteiger partial charge in [0, 0.05) is 6.54 Å². The Morgan fingerprint density at radius 3 is 2.65 bits per heavy atom. The Morgan fingerprint density at radius 1 is 1.26 bits per heavy atom. The second-order valence-electron chi connectivity index (χ2n) is 4.52. The van der Waals surface area contributed by atoms with E-state index in [2.05, 4.69) is 15.5 Å². The fourth-order valence-corrected chi connectivity index (χ4v) is 2.18. The van der Waals surface area contributed by atoms with Gasteiger partial charge >= 0.3 is 0 Å². The van der Waals surface area contributed by atoms with E-state index in [-0.39, 0.29) is 10.9 Å². The van der Waals surface area contributed by atoms with Gasteiger partial charge in [0.25, 0.3) is 11.4 Å². The van der Waals surface area contributed by atoms with Crippen molar-refractivity contribution >= 4 is 17.3 Å². The lowest BCUT2D eigenvalue weighted by Gasteiger charge is -2.13. The van der Waals surface area contributed by atoms with Gasteiger partial charge in [-0.3, -0.25) is 4.79 Å². The van der Waals surface area contributed by atoms with Gasteiger partial charge in [-0.2, -0.15) is 0 Å². The zero-order chi connectivity index (χ0) is 16.8. The van der Waals surface area contributed by atoms with Crippen LogP contribution in [0.25, 0.3) is 0 Å². The molecule has 0 fully saturated rings. The molecule has 0 amide bonds. The third kappa shape index (κ3) is 3.87. The van der Waals surface area contributed by atoms with E-state index in [1.165, 1.54) is 0 Å². The molecular weight excluding hydrogens is 322 g/mol. The maximum absolute atomic E-state index is 11.6. The summed E-state index contributed by atoms with van der Waals surface area (Å²) < 4.78 is 15.8. The highest BCUT2D eigenvalue weighted by Gasteiger charge is 2.14. The topological polar surface area (TPSA) is 85.5 Å². The number of halogens is 1. The van der Waals surface area contributed by atoms with Crippen LogP contribution < -0.4 is 25.1 Å². The second-order valence-corrected chi connectivity index (χ2v) is 4.90. The fourth-order valence-electron chi connectivity index (χ4n) is 1.99. The smallest absolute Gasteiger partial charge is 0.285 e. The lowest BCUT2D eigenvalue weighted by atomic mass is 10.2. The molecule has 124 valence electrons. The zero-order valence-corrected chi connectivity index (χ0v) is 13.9. The summed E-state index contributed by atoms with van der Waals surface area (Å²) in [6, 6.07) is 5.51. The molecule has 0 aliphatic carbocycles. The van der Waals surface area contributed by atoms with Crippen LogP contribution in [-0.4, -0.2) is 31.0 Å². The number of rotatable bonds is 7. The zero-order valence-electron chi connectivity index (χ0n) is 13.1. The summed E-state index contributed by atoms with van der Waals surface area (Å²) in [6.45, 7) is 2.63. The molecule has 0 atom stereocenters. The van der Waals surface area contributed by atoms with Crippen molar-refractivity contribution in [2.75, 3.05) is 26.1 Å². The number of aromatic nitrogens is 2. The first-order chi connectivity index (χ1) is 11.1. The largest absolute Gasteiger partial charge is 0.493 e. The van der Waals surface area contributed by atoms with Gasteiger partial charge in [-0.25, -0.2) is 5.10 Å². The van der Waals surface area contributed by atoms with Crippen LogP contribution in [0.3, 0.4) is 0 Å². The highest BCUT2D eigenvalue weighted by Crippen LogP contribution is 2.30. The second kappa shape index (κ2) is 7.73. The van der Waals surface area contributed by atoms with Crippen LogP contribution in [0.15, 0.2) is 23.0 Å². The van der Waals surface area contributed by atoms with Gasteiger partial charge in [0.15, 0.2) is 11.5 Å². The molecule has 1 heterocycles. The minimum absolute atomic E-state index is 0.00364. The van der Waals surface area contributed by atoms with Gasteiger partial charge in [-0.05, 0) is 24.6 Å². The molecular formula is C15H18ClN3O4. The summed E-state index contributed by atoms with van der Waals surface area (Å²) in [6.07, 6.45) is 0. The minimum Gasteiger partial charge on any atom is -0.493 e. The van der Waals surface area contributed by atoms with Crippen molar-refractivity contribution in [1.29, 1.82) is 0 Å². The normalized spacial score (nSPS) is 10.3. The number of ether oxygens (including phenoxy) is 3. The summed E-state index contributed by atoms with van der Waals surface area (Å²) in [5.41, 5.74) is 0.790. The van der Waals surface area contributed by atoms with E-state index in [4.69, 9.17) is 25.8 Å². The number of hydrogen-bond acceptors (Lipinski definition) is 6. The van der Waals surface area contributed by atoms with E-state index >= 15 is 0 Å². The quantitative estimate of drug-likeness (QED) is 0.806. The lowest BCUT2D eigenvalue weighted by Crippen LogP contribution is -2.15.